The number of methoxy groups -OCH3 is 2. The molecule has 0 spiro atoms. The van der Waals surface area contributed by atoms with E-state index in [1.165, 1.54) is 0 Å². The minimum atomic E-state index is -0.480. The minimum Gasteiger partial charge on any atom is -0.397 e. The summed E-state index contributed by atoms with van der Waals surface area (Å²) in [5.74, 6) is -0.480. The number of hydrogen-bond donors (Lipinski definition) is 2. The average Bonchev–Trinajstić information content (AvgIpc) is 2.43. The van der Waals surface area contributed by atoms with Gasteiger partial charge in [-0.2, -0.15) is 0 Å². The summed E-state index contributed by atoms with van der Waals surface area (Å²) in [6.45, 7) is 2.81. The highest BCUT2D eigenvalue weighted by Gasteiger charge is 2.11. The number of carbonyl (C=O) groups excluding carboxylic acids is 1. The Labute approximate surface area is 119 Å². The molecular weight excluding hydrogens is 258 g/mol. The molecule has 0 bridgehead atoms. The van der Waals surface area contributed by atoms with E-state index in [-0.39, 0.29) is 0 Å². The Bertz CT molecular complexity index is 438. The zero-order valence-corrected chi connectivity index (χ0v) is 12.1. The van der Waals surface area contributed by atoms with Gasteiger partial charge in [0.15, 0.2) is 0 Å². The predicted molar refractivity (Wildman–Crippen MR) is 80.0 cm³/mol. The minimum absolute atomic E-state index is 0.412. The van der Waals surface area contributed by atoms with Gasteiger partial charge in [-0.05, 0) is 24.6 Å². The lowest BCUT2D eigenvalue weighted by Gasteiger charge is -2.26. The number of benzene rings is 1. The van der Waals surface area contributed by atoms with Crippen molar-refractivity contribution in [2.45, 2.75) is 6.42 Å². The van der Waals surface area contributed by atoms with E-state index in [0.29, 0.717) is 24.5 Å². The zero-order valence-electron chi connectivity index (χ0n) is 12.1. The number of rotatable bonds is 9. The van der Waals surface area contributed by atoms with Crippen molar-refractivity contribution in [3.05, 3.63) is 23.8 Å². The van der Waals surface area contributed by atoms with E-state index >= 15 is 0 Å². The van der Waals surface area contributed by atoms with E-state index in [0.717, 1.165) is 25.2 Å². The maximum Gasteiger partial charge on any atom is 0.248 e. The summed E-state index contributed by atoms with van der Waals surface area (Å²) < 4.78 is 10.2. The molecule has 4 N–H and O–H groups in total. The number of nitrogens with zero attached hydrogens (tertiary/aromatic N) is 1. The molecule has 0 unspecified atom stereocenters. The van der Waals surface area contributed by atoms with Crippen LogP contribution in [-0.2, 0) is 9.47 Å². The van der Waals surface area contributed by atoms with Gasteiger partial charge in [0.1, 0.15) is 0 Å². The van der Waals surface area contributed by atoms with Gasteiger partial charge in [0, 0.05) is 39.5 Å². The first-order valence-electron chi connectivity index (χ1n) is 6.52. The second-order valence-electron chi connectivity index (χ2n) is 4.46. The summed E-state index contributed by atoms with van der Waals surface area (Å²) in [6, 6.07) is 5.11. The number of nitrogen functional groups attached to an aromatic ring is 1. The third-order valence-corrected chi connectivity index (χ3v) is 2.99. The number of anilines is 2. The summed E-state index contributed by atoms with van der Waals surface area (Å²) in [7, 11) is 3.34. The molecule has 1 rings (SSSR count). The van der Waals surface area contributed by atoms with Crippen molar-refractivity contribution in [3.63, 3.8) is 0 Å². The van der Waals surface area contributed by atoms with E-state index in [1.807, 2.05) is 6.07 Å². The number of amides is 1. The smallest absolute Gasteiger partial charge is 0.248 e. The number of hydrogen-bond acceptors (Lipinski definition) is 5. The molecule has 0 saturated carbocycles. The molecule has 0 aliphatic rings. The molecule has 0 aliphatic carbocycles. The normalized spacial score (nSPS) is 10.5. The van der Waals surface area contributed by atoms with Gasteiger partial charge in [-0.3, -0.25) is 4.79 Å². The van der Waals surface area contributed by atoms with Crippen LogP contribution in [0.1, 0.15) is 16.8 Å². The molecule has 20 heavy (non-hydrogen) atoms. The largest absolute Gasteiger partial charge is 0.397 e. The fourth-order valence-corrected chi connectivity index (χ4v) is 1.95. The Balaban J connectivity index is 2.85. The lowest BCUT2D eigenvalue weighted by molar-refractivity contribution is 0.100. The molecule has 0 atom stereocenters. The Morgan fingerprint density at radius 1 is 1.20 bits per heavy atom. The van der Waals surface area contributed by atoms with Gasteiger partial charge in [0.25, 0.3) is 0 Å². The molecule has 1 aromatic carbocycles. The summed E-state index contributed by atoms with van der Waals surface area (Å²) in [6.07, 6.45) is 0.886. The molecule has 0 saturated heterocycles. The first kappa shape index (κ1) is 16.3. The van der Waals surface area contributed by atoms with Gasteiger partial charge < -0.3 is 25.8 Å². The van der Waals surface area contributed by atoms with Crippen LogP contribution in [0.15, 0.2) is 18.2 Å². The number of primary amides is 1. The van der Waals surface area contributed by atoms with Crippen molar-refractivity contribution in [2.75, 3.05) is 51.2 Å². The standard InChI is InChI=1S/C14H23N3O3/c1-19-8-3-6-17(7-9-20-2)13-5-4-11(14(16)18)10-12(13)15/h4-5,10H,3,6-9,15H2,1-2H3,(H2,16,18). The number of ether oxygens (including phenoxy) is 2. The van der Waals surface area contributed by atoms with Crippen molar-refractivity contribution in [2.24, 2.45) is 5.73 Å². The Morgan fingerprint density at radius 2 is 1.90 bits per heavy atom. The molecule has 0 fully saturated rings. The third-order valence-electron chi connectivity index (χ3n) is 2.99. The predicted octanol–water partition coefficient (Wildman–Crippen LogP) is 0.857. The monoisotopic (exact) mass is 281 g/mol. The molecule has 0 heterocycles. The summed E-state index contributed by atoms with van der Waals surface area (Å²) >= 11 is 0. The zero-order chi connectivity index (χ0) is 15.0. The second kappa shape index (κ2) is 8.39. The van der Waals surface area contributed by atoms with E-state index in [9.17, 15) is 4.79 Å². The van der Waals surface area contributed by atoms with Crippen LogP contribution in [0.4, 0.5) is 11.4 Å². The first-order chi connectivity index (χ1) is 9.60. The van der Waals surface area contributed by atoms with Crippen LogP contribution in [0.2, 0.25) is 0 Å². The van der Waals surface area contributed by atoms with Crippen molar-refractivity contribution in [1.29, 1.82) is 0 Å². The quantitative estimate of drug-likeness (QED) is 0.517. The van der Waals surface area contributed by atoms with Gasteiger partial charge in [-0.25, -0.2) is 0 Å². The van der Waals surface area contributed by atoms with E-state index in [2.05, 4.69) is 4.90 Å². The molecule has 112 valence electrons. The third kappa shape index (κ3) is 4.71. The van der Waals surface area contributed by atoms with Crippen LogP contribution in [0, 0.1) is 0 Å². The molecule has 0 aromatic heterocycles. The molecule has 6 heteroatoms. The number of nitrogens with two attached hydrogens (primary N) is 2. The van der Waals surface area contributed by atoms with Crippen molar-refractivity contribution < 1.29 is 14.3 Å². The highest BCUT2D eigenvalue weighted by atomic mass is 16.5. The van der Waals surface area contributed by atoms with Gasteiger partial charge in [-0.1, -0.05) is 0 Å². The fourth-order valence-electron chi connectivity index (χ4n) is 1.95. The molecule has 6 nitrogen and oxygen atoms in total. The Kier molecular flexibility index (Phi) is 6.83. The molecule has 1 amide bonds. The lowest BCUT2D eigenvalue weighted by Crippen LogP contribution is -2.30. The van der Waals surface area contributed by atoms with Crippen molar-refractivity contribution in [3.8, 4) is 0 Å². The van der Waals surface area contributed by atoms with Gasteiger partial charge in [0.05, 0.1) is 18.0 Å². The van der Waals surface area contributed by atoms with Crippen LogP contribution < -0.4 is 16.4 Å². The van der Waals surface area contributed by atoms with E-state index in [1.54, 1.807) is 26.4 Å². The van der Waals surface area contributed by atoms with Crippen molar-refractivity contribution >= 4 is 17.3 Å². The molecule has 1 aromatic rings. The van der Waals surface area contributed by atoms with Crippen LogP contribution in [0.5, 0.6) is 0 Å². The maximum absolute atomic E-state index is 11.1. The van der Waals surface area contributed by atoms with Gasteiger partial charge in [-0.15, -0.1) is 0 Å². The van der Waals surface area contributed by atoms with Crippen LogP contribution >= 0.6 is 0 Å². The van der Waals surface area contributed by atoms with E-state index in [4.69, 9.17) is 20.9 Å². The summed E-state index contributed by atoms with van der Waals surface area (Å²) in [4.78, 5) is 13.2. The van der Waals surface area contributed by atoms with Crippen molar-refractivity contribution in [1.82, 2.24) is 0 Å². The average molecular weight is 281 g/mol. The van der Waals surface area contributed by atoms with Gasteiger partial charge >= 0.3 is 0 Å². The molecular formula is C14H23N3O3. The fraction of sp³-hybridized carbons (Fsp3) is 0.500. The lowest BCUT2D eigenvalue weighted by atomic mass is 10.1. The molecule has 0 radical (unpaired) electrons. The van der Waals surface area contributed by atoms with E-state index < -0.39 is 5.91 Å². The highest BCUT2D eigenvalue weighted by Crippen LogP contribution is 2.24. The van der Waals surface area contributed by atoms with Gasteiger partial charge in [0.2, 0.25) is 5.91 Å². The topological polar surface area (TPSA) is 90.8 Å². The van der Waals surface area contributed by atoms with Crippen LogP contribution in [0.25, 0.3) is 0 Å². The SMILES string of the molecule is COCCCN(CCOC)c1ccc(C(N)=O)cc1N. The Morgan fingerprint density at radius 3 is 2.45 bits per heavy atom. The maximum atomic E-state index is 11.1. The number of carbonyl (C=O) groups is 1. The highest BCUT2D eigenvalue weighted by molar-refractivity contribution is 5.94. The second-order valence-corrected chi connectivity index (χ2v) is 4.46. The van der Waals surface area contributed by atoms with Crippen LogP contribution in [0.3, 0.4) is 0 Å². The first-order valence-corrected chi connectivity index (χ1v) is 6.52. The summed E-state index contributed by atoms with van der Waals surface area (Å²) in [5, 5.41) is 0. The Hall–Kier alpha value is -1.79. The van der Waals surface area contributed by atoms with Crippen LogP contribution in [-0.4, -0.2) is 46.4 Å². The molecule has 0 aliphatic heterocycles. The summed E-state index contributed by atoms with van der Waals surface area (Å²) in [5.41, 5.74) is 13.1.